The van der Waals surface area contributed by atoms with Crippen molar-refractivity contribution in [1.82, 2.24) is 5.32 Å². The zero-order valence-corrected chi connectivity index (χ0v) is 13.3. The van der Waals surface area contributed by atoms with Crippen LogP contribution in [-0.2, 0) is 6.18 Å². The van der Waals surface area contributed by atoms with Gasteiger partial charge in [-0.15, -0.1) is 0 Å². The molecule has 0 radical (unpaired) electrons. The summed E-state index contributed by atoms with van der Waals surface area (Å²) < 4.78 is 38.2. The van der Waals surface area contributed by atoms with Crippen molar-refractivity contribution < 1.29 is 23.1 Å². The lowest BCUT2D eigenvalue weighted by Gasteiger charge is -2.23. The first-order chi connectivity index (χ1) is 9.57. The number of hydrogen-bond donors (Lipinski definition) is 2. The second kappa shape index (κ2) is 6.79. The van der Waals surface area contributed by atoms with E-state index < -0.39 is 23.2 Å². The van der Waals surface area contributed by atoms with E-state index in [2.05, 4.69) is 21.2 Å². The first-order valence-electron chi connectivity index (χ1n) is 6.44. The summed E-state index contributed by atoms with van der Waals surface area (Å²) in [7, 11) is 0. The zero-order chi connectivity index (χ0) is 16.3. The molecule has 21 heavy (non-hydrogen) atoms. The Morgan fingerprint density at radius 3 is 2.52 bits per heavy atom. The molecular formula is C14H17BrF3NO2. The minimum absolute atomic E-state index is 0.0254. The van der Waals surface area contributed by atoms with Crippen molar-refractivity contribution in [2.45, 2.75) is 38.5 Å². The van der Waals surface area contributed by atoms with E-state index in [9.17, 15) is 23.1 Å². The van der Waals surface area contributed by atoms with Crippen LogP contribution in [0.2, 0.25) is 0 Å². The van der Waals surface area contributed by atoms with Gasteiger partial charge in [0.1, 0.15) is 0 Å². The number of benzene rings is 1. The standard InChI is InChI=1S/C14H17BrF3NO2/c1-3-6-13(2,21)8-19-12(20)10-7-9(14(16,17)18)4-5-11(10)15/h4-5,7,21H,3,6,8H2,1-2H3,(H,19,20). The third-order valence-electron chi connectivity index (χ3n) is 2.96. The van der Waals surface area contributed by atoms with E-state index in [0.717, 1.165) is 18.6 Å². The average molecular weight is 368 g/mol. The van der Waals surface area contributed by atoms with Crippen LogP contribution in [0.3, 0.4) is 0 Å². The van der Waals surface area contributed by atoms with Gasteiger partial charge >= 0.3 is 6.18 Å². The molecule has 0 aliphatic carbocycles. The third kappa shape index (κ3) is 5.32. The Morgan fingerprint density at radius 1 is 1.38 bits per heavy atom. The molecule has 118 valence electrons. The number of halogens is 4. The van der Waals surface area contributed by atoms with Gasteiger partial charge in [0.2, 0.25) is 0 Å². The zero-order valence-electron chi connectivity index (χ0n) is 11.7. The van der Waals surface area contributed by atoms with Crippen molar-refractivity contribution in [3.63, 3.8) is 0 Å². The maximum Gasteiger partial charge on any atom is 0.416 e. The minimum atomic E-state index is -4.51. The van der Waals surface area contributed by atoms with Crippen molar-refractivity contribution in [2.24, 2.45) is 0 Å². The molecule has 1 unspecified atom stereocenters. The van der Waals surface area contributed by atoms with Crippen molar-refractivity contribution in [1.29, 1.82) is 0 Å². The van der Waals surface area contributed by atoms with E-state index >= 15 is 0 Å². The molecule has 0 saturated heterocycles. The number of carbonyl (C=O) groups is 1. The van der Waals surface area contributed by atoms with Gasteiger partial charge in [0.15, 0.2) is 0 Å². The van der Waals surface area contributed by atoms with Crippen LogP contribution in [0.15, 0.2) is 22.7 Å². The Bertz CT molecular complexity index is 515. The summed E-state index contributed by atoms with van der Waals surface area (Å²) >= 11 is 3.06. The molecule has 0 heterocycles. The lowest BCUT2D eigenvalue weighted by molar-refractivity contribution is -0.137. The molecule has 0 bridgehead atoms. The van der Waals surface area contributed by atoms with Gasteiger partial charge in [-0.25, -0.2) is 0 Å². The van der Waals surface area contributed by atoms with Crippen molar-refractivity contribution in [3.05, 3.63) is 33.8 Å². The molecule has 0 aliphatic heterocycles. The maximum atomic E-state index is 12.7. The highest BCUT2D eigenvalue weighted by molar-refractivity contribution is 9.10. The van der Waals surface area contributed by atoms with Gasteiger partial charge in [0, 0.05) is 11.0 Å². The van der Waals surface area contributed by atoms with Crippen LogP contribution in [0.1, 0.15) is 42.6 Å². The van der Waals surface area contributed by atoms with Crippen molar-refractivity contribution in [2.75, 3.05) is 6.54 Å². The number of aliphatic hydroxyl groups is 1. The number of rotatable bonds is 5. The van der Waals surface area contributed by atoms with Crippen LogP contribution >= 0.6 is 15.9 Å². The van der Waals surface area contributed by atoms with Crippen molar-refractivity contribution >= 4 is 21.8 Å². The molecule has 0 fully saturated rings. The van der Waals surface area contributed by atoms with Crippen molar-refractivity contribution in [3.8, 4) is 0 Å². The summed E-state index contributed by atoms with van der Waals surface area (Å²) in [5, 5.41) is 12.4. The molecule has 1 rings (SSSR count). The Hall–Kier alpha value is -1.08. The van der Waals surface area contributed by atoms with Crippen LogP contribution < -0.4 is 5.32 Å². The highest BCUT2D eigenvalue weighted by atomic mass is 79.9. The highest BCUT2D eigenvalue weighted by Crippen LogP contribution is 2.31. The van der Waals surface area contributed by atoms with E-state index in [1.165, 1.54) is 6.07 Å². The second-order valence-electron chi connectivity index (χ2n) is 5.12. The predicted molar refractivity (Wildman–Crippen MR) is 77.0 cm³/mol. The second-order valence-corrected chi connectivity index (χ2v) is 5.98. The molecule has 0 spiro atoms. The van der Waals surface area contributed by atoms with Gasteiger partial charge in [-0.3, -0.25) is 4.79 Å². The lowest BCUT2D eigenvalue weighted by atomic mass is 10.0. The summed E-state index contributed by atoms with van der Waals surface area (Å²) in [6, 6.07) is 2.87. The SMILES string of the molecule is CCCC(C)(O)CNC(=O)c1cc(C(F)(F)F)ccc1Br. The van der Waals surface area contributed by atoms with Gasteiger partial charge in [-0.2, -0.15) is 13.2 Å². The first kappa shape index (κ1) is 18.0. The van der Waals surface area contributed by atoms with Crippen LogP contribution in [-0.4, -0.2) is 23.2 Å². The van der Waals surface area contributed by atoms with Crippen LogP contribution in [0, 0.1) is 0 Å². The Labute approximate surface area is 129 Å². The molecule has 1 atom stereocenters. The fourth-order valence-electron chi connectivity index (χ4n) is 1.87. The van der Waals surface area contributed by atoms with Gasteiger partial charge in [-0.1, -0.05) is 13.3 Å². The van der Waals surface area contributed by atoms with Crippen LogP contribution in [0.4, 0.5) is 13.2 Å². The molecule has 0 aliphatic rings. The fraction of sp³-hybridized carbons (Fsp3) is 0.500. The number of amides is 1. The van der Waals surface area contributed by atoms with E-state index in [1.807, 2.05) is 6.92 Å². The number of nitrogens with one attached hydrogen (secondary N) is 1. The van der Waals surface area contributed by atoms with Crippen LogP contribution in [0.5, 0.6) is 0 Å². The normalized spacial score (nSPS) is 14.6. The van der Waals surface area contributed by atoms with E-state index in [1.54, 1.807) is 6.92 Å². The van der Waals surface area contributed by atoms with Gasteiger partial charge in [0.25, 0.3) is 5.91 Å². The summed E-state index contributed by atoms with van der Waals surface area (Å²) in [6.07, 6.45) is -3.30. The average Bonchev–Trinajstić information content (AvgIpc) is 2.35. The molecule has 1 aromatic carbocycles. The Balaban J connectivity index is 2.88. The predicted octanol–water partition coefficient (Wildman–Crippen LogP) is 3.75. The Kier molecular flexibility index (Phi) is 5.81. The van der Waals surface area contributed by atoms with Gasteiger partial charge < -0.3 is 10.4 Å². The maximum absolute atomic E-state index is 12.7. The molecule has 0 saturated carbocycles. The monoisotopic (exact) mass is 367 g/mol. The fourth-order valence-corrected chi connectivity index (χ4v) is 2.30. The quantitative estimate of drug-likeness (QED) is 0.832. The molecule has 1 aromatic rings. The molecule has 2 N–H and O–H groups in total. The number of alkyl halides is 3. The molecular weight excluding hydrogens is 351 g/mol. The molecule has 0 aromatic heterocycles. The molecule has 7 heteroatoms. The molecule has 1 amide bonds. The summed E-state index contributed by atoms with van der Waals surface area (Å²) in [5.74, 6) is -0.663. The number of carbonyl (C=O) groups excluding carboxylic acids is 1. The highest BCUT2D eigenvalue weighted by Gasteiger charge is 2.31. The Morgan fingerprint density at radius 2 is 2.00 bits per heavy atom. The van der Waals surface area contributed by atoms with Crippen LogP contribution in [0.25, 0.3) is 0 Å². The molecule has 3 nitrogen and oxygen atoms in total. The van der Waals surface area contributed by atoms with Gasteiger partial charge in [0.05, 0.1) is 16.7 Å². The smallest absolute Gasteiger partial charge is 0.388 e. The first-order valence-corrected chi connectivity index (χ1v) is 7.23. The number of hydrogen-bond acceptors (Lipinski definition) is 2. The van der Waals surface area contributed by atoms with Gasteiger partial charge in [-0.05, 0) is 47.5 Å². The van der Waals surface area contributed by atoms with E-state index in [-0.39, 0.29) is 16.6 Å². The minimum Gasteiger partial charge on any atom is -0.388 e. The largest absolute Gasteiger partial charge is 0.416 e. The summed E-state index contributed by atoms with van der Waals surface area (Å²) in [5.41, 5.74) is -2.09. The third-order valence-corrected chi connectivity index (χ3v) is 3.65. The summed E-state index contributed by atoms with van der Waals surface area (Å²) in [6.45, 7) is 3.43. The lowest BCUT2D eigenvalue weighted by Crippen LogP contribution is -2.40. The van der Waals surface area contributed by atoms with E-state index in [4.69, 9.17) is 0 Å². The summed E-state index contributed by atoms with van der Waals surface area (Å²) in [4.78, 5) is 12.0. The van der Waals surface area contributed by atoms with E-state index in [0.29, 0.717) is 6.42 Å². The topological polar surface area (TPSA) is 49.3 Å².